The fraction of sp³-hybridized carbons (Fsp3) is 0.250. The van der Waals surface area contributed by atoms with Gasteiger partial charge in [-0.1, -0.05) is 6.82 Å². The van der Waals surface area contributed by atoms with Crippen LogP contribution in [0.3, 0.4) is 0 Å². The topological polar surface area (TPSA) is 28.7 Å². The average Bonchev–Trinajstić information content (AvgIpc) is 2.14. The van der Waals surface area contributed by atoms with E-state index in [1.54, 1.807) is 6.20 Å². The summed E-state index contributed by atoms with van der Waals surface area (Å²) in [5, 5.41) is 6.52. The second-order valence-electron chi connectivity index (χ2n) is 1.30. The molecule has 1 rings (SSSR count). The first-order valence-electron chi connectivity index (χ1n) is 2.22. The van der Waals surface area contributed by atoms with Crippen molar-refractivity contribution >= 4 is 12.9 Å². The van der Waals surface area contributed by atoms with Crippen molar-refractivity contribution in [1.82, 2.24) is 10.2 Å². The third kappa shape index (κ3) is 0.826. The molecule has 3 heteroatoms. The Morgan fingerprint density at radius 1 is 1.86 bits per heavy atom. The van der Waals surface area contributed by atoms with E-state index in [2.05, 4.69) is 10.2 Å². The second-order valence-corrected chi connectivity index (χ2v) is 1.30. The molecule has 0 aliphatic heterocycles. The van der Waals surface area contributed by atoms with Gasteiger partial charge in [0, 0.05) is 6.20 Å². The SMILES string of the molecule is C[B]c1ccn[nH]1. The number of rotatable bonds is 1. The fourth-order valence-corrected chi connectivity index (χ4v) is 0.427. The molecule has 0 spiro atoms. The monoisotopic (exact) mass is 93.1 g/mol. The van der Waals surface area contributed by atoms with Crippen LogP contribution >= 0.6 is 0 Å². The van der Waals surface area contributed by atoms with Crippen LogP contribution in [-0.2, 0) is 0 Å². The molecule has 0 saturated heterocycles. The van der Waals surface area contributed by atoms with Crippen LogP contribution in [0.1, 0.15) is 0 Å². The highest BCUT2D eigenvalue weighted by atomic mass is 15.1. The minimum Gasteiger partial charge on any atom is -0.293 e. The highest BCUT2D eigenvalue weighted by Crippen LogP contribution is 1.65. The summed E-state index contributed by atoms with van der Waals surface area (Å²) in [5.74, 6) is 0. The molecule has 1 N–H and O–H groups in total. The van der Waals surface area contributed by atoms with Crippen LogP contribution in [0.4, 0.5) is 0 Å². The van der Waals surface area contributed by atoms with Gasteiger partial charge in [0.1, 0.15) is 0 Å². The van der Waals surface area contributed by atoms with Gasteiger partial charge in [-0.3, -0.25) is 5.10 Å². The summed E-state index contributed by atoms with van der Waals surface area (Å²) >= 11 is 0. The Morgan fingerprint density at radius 3 is 3.00 bits per heavy atom. The molecule has 0 amide bonds. The van der Waals surface area contributed by atoms with Crippen LogP contribution in [-0.4, -0.2) is 17.5 Å². The number of aromatic amines is 1. The van der Waals surface area contributed by atoms with Gasteiger partial charge in [0.15, 0.2) is 7.28 Å². The zero-order valence-corrected chi connectivity index (χ0v) is 4.18. The van der Waals surface area contributed by atoms with Gasteiger partial charge >= 0.3 is 0 Å². The van der Waals surface area contributed by atoms with Crippen LogP contribution in [0.15, 0.2) is 12.3 Å². The number of nitrogens with one attached hydrogen (secondary N) is 1. The maximum atomic E-state index is 3.74. The molecule has 0 aliphatic carbocycles. The first-order chi connectivity index (χ1) is 3.43. The molecule has 0 unspecified atom stereocenters. The van der Waals surface area contributed by atoms with E-state index in [0.717, 1.165) is 5.59 Å². The molecule has 0 aromatic carbocycles. The average molecular weight is 92.9 g/mol. The van der Waals surface area contributed by atoms with Crippen molar-refractivity contribution in [3.8, 4) is 0 Å². The van der Waals surface area contributed by atoms with Crippen LogP contribution in [0.5, 0.6) is 0 Å². The predicted molar refractivity (Wildman–Crippen MR) is 29.8 cm³/mol. The third-order valence-electron chi connectivity index (χ3n) is 0.833. The molecule has 0 saturated carbocycles. The van der Waals surface area contributed by atoms with Gasteiger partial charge in [-0.2, -0.15) is 5.10 Å². The zero-order valence-electron chi connectivity index (χ0n) is 4.18. The predicted octanol–water partition coefficient (Wildman–Crippen LogP) is -0.213. The minimum atomic E-state index is 1.07. The van der Waals surface area contributed by atoms with Crippen molar-refractivity contribution in [2.45, 2.75) is 6.82 Å². The van der Waals surface area contributed by atoms with E-state index in [-0.39, 0.29) is 0 Å². The molecule has 35 valence electrons. The highest BCUT2D eigenvalue weighted by Gasteiger charge is 1.84. The molecule has 0 fully saturated rings. The summed E-state index contributed by atoms with van der Waals surface area (Å²) < 4.78 is 0. The largest absolute Gasteiger partial charge is 0.293 e. The number of nitrogens with zero attached hydrogens (tertiary/aromatic N) is 1. The van der Waals surface area contributed by atoms with E-state index in [1.807, 2.05) is 20.2 Å². The van der Waals surface area contributed by atoms with Crippen LogP contribution < -0.4 is 5.59 Å². The molecule has 1 aromatic heterocycles. The van der Waals surface area contributed by atoms with E-state index < -0.39 is 0 Å². The summed E-state index contributed by atoms with van der Waals surface area (Å²) in [7, 11) is 1.97. The molecule has 1 radical (unpaired) electrons. The summed E-state index contributed by atoms with van der Waals surface area (Å²) in [6, 6.07) is 1.92. The Hall–Kier alpha value is -0.725. The van der Waals surface area contributed by atoms with Crippen LogP contribution in [0, 0.1) is 0 Å². The fourth-order valence-electron chi connectivity index (χ4n) is 0.427. The third-order valence-corrected chi connectivity index (χ3v) is 0.833. The van der Waals surface area contributed by atoms with Crippen molar-refractivity contribution in [3.05, 3.63) is 12.3 Å². The molecule has 0 bridgehead atoms. The Bertz CT molecular complexity index is 124. The van der Waals surface area contributed by atoms with Gasteiger partial charge < -0.3 is 0 Å². The number of hydrogen-bond acceptors (Lipinski definition) is 1. The van der Waals surface area contributed by atoms with Gasteiger partial charge in [0.05, 0.1) is 0 Å². The lowest BCUT2D eigenvalue weighted by molar-refractivity contribution is 1.11. The van der Waals surface area contributed by atoms with E-state index in [0.29, 0.717) is 0 Å². The van der Waals surface area contributed by atoms with E-state index >= 15 is 0 Å². The lowest BCUT2D eigenvalue weighted by Gasteiger charge is -1.77. The Morgan fingerprint density at radius 2 is 2.71 bits per heavy atom. The van der Waals surface area contributed by atoms with E-state index in [4.69, 9.17) is 0 Å². The molecular weight excluding hydrogens is 86.9 g/mol. The van der Waals surface area contributed by atoms with E-state index in [1.165, 1.54) is 0 Å². The van der Waals surface area contributed by atoms with Crippen molar-refractivity contribution < 1.29 is 0 Å². The number of hydrogen-bond donors (Lipinski definition) is 1. The Kier molecular flexibility index (Phi) is 1.15. The molecular formula is C4H6BN2. The molecule has 0 atom stereocenters. The minimum absolute atomic E-state index is 1.07. The zero-order chi connectivity index (χ0) is 5.11. The maximum absolute atomic E-state index is 3.74. The van der Waals surface area contributed by atoms with E-state index in [9.17, 15) is 0 Å². The van der Waals surface area contributed by atoms with Gasteiger partial charge in [-0.05, 0) is 11.7 Å². The summed E-state index contributed by atoms with van der Waals surface area (Å²) in [5.41, 5.74) is 1.07. The first-order valence-corrected chi connectivity index (χ1v) is 2.22. The smallest absolute Gasteiger partial charge is 0.173 e. The van der Waals surface area contributed by atoms with Gasteiger partial charge in [-0.15, -0.1) is 0 Å². The maximum Gasteiger partial charge on any atom is 0.173 e. The normalized spacial score (nSPS) is 8.71. The molecule has 7 heavy (non-hydrogen) atoms. The van der Waals surface area contributed by atoms with Crippen LogP contribution in [0.25, 0.3) is 0 Å². The van der Waals surface area contributed by atoms with Crippen molar-refractivity contribution in [2.24, 2.45) is 0 Å². The Labute approximate surface area is 43.2 Å². The summed E-state index contributed by atoms with van der Waals surface area (Å²) in [6.45, 7) is 1.97. The summed E-state index contributed by atoms with van der Waals surface area (Å²) in [6.07, 6.45) is 1.73. The van der Waals surface area contributed by atoms with Gasteiger partial charge in [0.25, 0.3) is 0 Å². The Balaban J connectivity index is 2.76. The van der Waals surface area contributed by atoms with Crippen molar-refractivity contribution in [1.29, 1.82) is 0 Å². The van der Waals surface area contributed by atoms with Crippen LogP contribution in [0.2, 0.25) is 6.82 Å². The lowest BCUT2D eigenvalue weighted by Crippen LogP contribution is -2.10. The second kappa shape index (κ2) is 1.82. The molecule has 1 aromatic rings. The molecule has 2 nitrogen and oxygen atoms in total. The summed E-state index contributed by atoms with van der Waals surface area (Å²) in [4.78, 5) is 0. The molecule has 0 aliphatic rings. The first kappa shape index (κ1) is 4.43. The standard InChI is InChI=1S/C4H6BN2/c1-5-4-2-3-6-7-4/h2-3H,1H3,(H,6,7). The number of H-pyrrole nitrogens is 1. The lowest BCUT2D eigenvalue weighted by atomic mass is 9.78. The van der Waals surface area contributed by atoms with Crippen molar-refractivity contribution in [3.63, 3.8) is 0 Å². The molecule has 1 heterocycles. The highest BCUT2D eigenvalue weighted by molar-refractivity contribution is 6.50. The van der Waals surface area contributed by atoms with Gasteiger partial charge in [-0.25, -0.2) is 0 Å². The van der Waals surface area contributed by atoms with Gasteiger partial charge in [0.2, 0.25) is 0 Å². The van der Waals surface area contributed by atoms with Crippen molar-refractivity contribution in [2.75, 3.05) is 0 Å². The quantitative estimate of drug-likeness (QED) is 0.478. The number of aromatic nitrogens is 2.